The highest BCUT2D eigenvalue weighted by atomic mass is 32.2. The van der Waals surface area contributed by atoms with E-state index in [1.165, 1.54) is 24.3 Å². The van der Waals surface area contributed by atoms with Gasteiger partial charge >= 0.3 is 0 Å². The third-order valence-corrected chi connectivity index (χ3v) is 5.64. The number of halogens is 1. The minimum Gasteiger partial charge on any atom is -0.344 e. The molecule has 1 aliphatic heterocycles. The molecule has 0 bridgehead atoms. The van der Waals surface area contributed by atoms with Crippen LogP contribution in [0.15, 0.2) is 24.3 Å². The van der Waals surface area contributed by atoms with E-state index in [-0.39, 0.29) is 29.5 Å². The molecule has 1 aromatic carbocycles. The topological polar surface area (TPSA) is 105 Å². The van der Waals surface area contributed by atoms with Crippen LogP contribution in [0.25, 0.3) is 0 Å². The van der Waals surface area contributed by atoms with Crippen molar-refractivity contribution in [3.63, 3.8) is 0 Å². The second-order valence-corrected chi connectivity index (χ2v) is 8.20. The molecule has 2 rings (SSSR count). The van der Waals surface area contributed by atoms with Crippen molar-refractivity contribution >= 4 is 35.2 Å². The van der Waals surface area contributed by atoms with Gasteiger partial charge in [-0.25, -0.2) is 4.39 Å². The zero-order chi connectivity index (χ0) is 21.4. The predicted molar refractivity (Wildman–Crippen MR) is 113 cm³/mol. The second kappa shape index (κ2) is 11.2. The Morgan fingerprint density at radius 1 is 1.24 bits per heavy atom. The van der Waals surface area contributed by atoms with Crippen LogP contribution in [0, 0.1) is 11.7 Å². The average molecular weight is 425 g/mol. The van der Waals surface area contributed by atoms with Crippen molar-refractivity contribution in [3.05, 3.63) is 30.1 Å². The number of benzene rings is 1. The van der Waals surface area contributed by atoms with Crippen molar-refractivity contribution in [2.75, 3.05) is 30.4 Å². The van der Waals surface area contributed by atoms with E-state index in [4.69, 9.17) is 5.73 Å². The molecule has 0 aromatic heterocycles. The zero-order valence-electron chi connectivity index (χ0n) is 16.8. The minimum absolute atomic E-state index is 0.0649. The molecule has 1 heterocycles. The summed E-state index contributed by atoms with van der Waals surface area (Å²) in [6.07, 6.45) is 3.70. The van der Waals surface area contributed by atoms with Gasteiger partial charge in [0.2, 0.25) is 17.7 Å². The molecule has 0 aliphatic carbocycles. The van der Waals surface area contributed by atoms with Gasteiger partial charge < -0.3 is 21.3 Å². The Bertz CT molecular complexity index is 708. The van der Waals surface area contributed by atoms with Gasteiger partial charge in [-0.3, -0.25) is 14.4 Å². The van der Waals surface area contributed by atoms with Crippen LogP contribution in [-0.2, 0) is 14.4 Å². The molecule has 4 N–H and O–H groups in total. The number of rotatable bonds is 8. The zero-order valence-corrected chi connectivity index (χ0v) is 17.6. The van der Waals surface area contributed by atoms with E-state index < -0.39 is 12.1 Å². The van der Waals surface area contributed by atoms with Gasteiger partial charge in [-0.2, -0.15) is 11.8 Å². The summed E-state index contributed by atoms with van der Waals surface area (Å²) in [6.45, 7) is 2.57. The number of anilines is 1. The average Bonchev–Trinajstić information content (AvgIpc) is 2.73. The maximum absolute atomic E-state index is 12.9. The number of piperidine rings is 1. The van der Waals surface area contributed by atoms with Crippen LogP contribution in [0.1, 0.15) is 26.2 Å². The Morgan fingerprint density at radius 3 is 2.45 bits per heavy atom. The summed E-state index contributed by atoms with van der Waals surface area (Å²) < 4.78 is 12.9. The first-order chi connectivity index (χ1) is 13.8. The highest BCUT2D eigenvalue weighted by Gasteiger charge is 2.30. The molecule has 7 nitrogen and oxygen atoms in total. The predicted octanol–water partition coefficient (Wildman–Crippen LogP) is 1.59. The Labute approximate surface area is 175 Å². The monoisotopic (exact) mass is 424 g/mol. The first-order valence-corrected chi connectivity index (χ1v) is 11.1. The van der Waals surface area contributed by atoms with Crippen molar-refractivity contribution in [3.8, 4) is 0 Å². The van der Waals surface area contributed by atoms with Crippen molar-refractivity contribution in [1.29, 1.82) is 0 Å². The fraction of sp³-hybridized carbons (Fsp3) is 0.550. The largest absolute Gasteiger partial charge is 0.344 e. The molecule has 1 aromatic rings. The SMILES string of the molecule is CSCC[C@H](N)C(=O)N1CCC(C(=O)N[C@H](C)C(=O)Nc2ccc(F)cc2)CC1. The molecule has 1 fully saturated rings. The van der Waals surface area contributed by atoms with Crippen LogP contribution in [0.5, 0.6) is 0 Å². The van der Waals surface area contributed by atoms with Crippen LogP contribution < -0.4 is 16.4 Å². The lowest BCUT2D eigenvalue weighted by atomic mass is 9.95. The summed E-state index contributed by atoms with van der Waals surface area (Å²) in [5.41, 5.74) is 6.41. The van der Waals surface area contributed by atoms with E-state index in [1.807, 2.05) is 6.26 Å². The van der Waals surface area contributed by atoms with Gasteiger partial charge in [0.25, 0.3) is 0 Å². The molecule has 0 unspecified atom stereocenters. The van der Waals surface area contributed by atoms with Crippen LogP contribution >= 0.6 is 11.8 Å². The van der Waals surface area contributed by atoms with Gasteiger partial charge in [-0.15, -0.1) is 0 Å². The fourth-order valence-corrected chi connectivity index (χ4v) is 3.64. The summed E-state index contributed by atoms with van der Waals surface area (Å²) >= 11 is 1.65. The van der Waals surface area contributed by atoms with E-state index in [9.17, 15) is 18.8 Å². The third kappa shape index (κ3) is 7.01. The van der Waals surface area contributed by atoms with Crippen molar-refractivity contribution in [1.82, 2.24) is 10.2 Å². The van der Waals surface area contributed by atoms with E-state index >= 15 is 0 Å². The first kappa shape index (κ1) is 23.2. The quantitative estimate of drug-likeness (QED) is 0.588. The summed E-state index contributed by atoms with van der Waals surface area (Å²) in [5, 5.41) is 5.36. The number of hydrogen-bond donors (Lipinski definition) is 3. The molecule has 29 heavy (non-hydrogen) atoms. The third-order valence-electron chi connectivity index (χ3n) is 4.99. The summed E-state index contributed by atoms with van der Waals surface area (Å²) in [6, 6.07) is 4.19. The normalized spacial score (nSPS) is 16.8. The summed E-state index contributed by atoms with van der Waals surface area (Å²) in [4.78, 5) is 38.8. The maximum atomic E-state index is 12.9. The molecule has 2 atom stereocenters. The highest BCUT2D eigenvalue weighted by Crippen LogP contribution is 2.19. The number of likely N-dealkylation sites (tertiary alicyclic amines) is 1. The van der Waals surface area contributed by atoms with Gasteiger partial charge in [0, 0.05) is 24.7 Å². The maximum Gasteiger partial charge on any atom is 0.246 e. The smallest absolute Gasteiger partial charge is 0.246 e. The number of carbonyl (C=O) groups excluding carboxylic acids is 3. The fourth-order valence-electron chi connectivity index (χ4n) is 3.15. The first-order valence-electron chi connectivity index (χ1n) is 9.72. The lowest BCUT2D eigenvalue weighted by Gasteiger charge is -2.33. The van der Waals surface area contributed by atoms with Gasteiger partial charge in [0.1, 0.15) is 11.9 Å². The van der Waals surface area contributed by atoms with E-state index in [1.54, 1.807) is 23.6 Å². The Kier molecular flexibility index (Phi) is 8.91. The number of amides is 3. The van der Waals surface area contributed by atoms with Gasteiger partial charge in [0.15, 0.2) is 0 Å². The van der Waals surface area contributed by atoms with E-state index in [0.29, 0.717) is 38.0 Å². The van der Waals surface area contributed by atoms with Crippen LogP contribution in [-0.4, -0.2) is 59.8 Å². The van der Waals surface area contributed by atoms with Gasteiger partial charge in [-0.1, -0.05) is 0 Å². The summed E-state index contributed by atoms with van der Waals surface area (Å²) in [7, 11) is 0. The highest BCUT2D eigenvalue weighted by molar-refractivity contribution is 7.98. The number of hydrogen-bond acceptors (Lipinski definition) is 5. The van der Waals surface area contributed by atoms with Crippen LogP contribution in [0.2, 0.25) is 0 Å². The molecule has 9 heteroatoms. The molecule has 0 spiro atoms. The Hall–Kier alpha value is -2.13. The number of nitrogens with two attached hydrogens (primary N) is 1. The van der Waals surface area contributed by atoms with Gasteiger partial charge in [0.05, 0.1) is 6.04 Å². The molecule has 3 amide bonds. The number of nitrogens with zero attached hydrogens (tertiary/aromatic N) is 1. The van der Waals surface area contributed by atoms with Crippen molar-refractivity contribution in [2.24, 2.45) is 11.7 Å². The molecule has 0 radical (unpaired) electrons. The Morgan fingerprint density at radius 2 is 1.86 bits per heavy atom. The van der Waals surface area contributed by atoms with Crippen LogP contribution in [0.4, 0.5) is 10.1 Å². The standard InChI is InChI=1S/C20H29FN4O3S/c1-13(18(26)24-16-5-3-15(21)4-6-16)23-19(27)14-7-10-25(11-8-14)20(28)17(22)9-12-29-2/h3-6,13-14,17H,7-12,22H2,1-2H3,(H,23,27)(H,24,26)/t13-,17+/m1/s1. The molecule has 1 saturated heterocycles. The minimum atomic E-state index is -0.729. The van der Waals surface area contributed by atoms with Crippen molar-refractivity contribution < 1.29 is 18.8 Å². The van der Waals surface area contributed by atoms with E-state index in [2.05, 4.69) is 10.6 Å². The van der Waals surface area contributed by atoms with Crippen molar-refractivity contribution in [2.45, 2.75) is 38.3 Å². The molecular weight excluding hydrogens is 395 g/mol. The second-order valence-electron chi connectivity index (χ2n) is 7.21. The molecule has 0 saturated carbocycles. The number of nitrogens with one attached hydrogen (secondary N) is 2. The van der Waals surface area contributed by atoms with E-state index in [0.717, 1.165) is 5.75 Å². The molecular formula is C20H29FN4O3S. The number of carbonyl (C=O) groups is 3. The number of thioether (sulfide) groups is 1. The molecule has 1 aliphatic rings. The van der Waals surface area contributed by atoms with Gasteiger partial charge in [-0.05, 0) is 62.5 Å². The lowest BCUT2D eigenvalue weighted by molar-refractivity contribution is -0.137. The molecule has 160 valence electrons. The lowest BCUT2D eigenvalue weighted by Crippen LogP contribution is -2.50. The Balaban J connectivity index is 1.77. The van der Waals surface area contributed by atoms with Crippen LogP contribution in [0.3, 0.4) is 0 Å². The summed E-state index contributed by atoms with van der Waals surface area (Å²) in [5.74, 6) is -0.446.